The van der Waals surface area contributed by atoms with Crippen LogP contribution in [0.15, 0.2) is 0 Å². The Hall–Kier alpha value is -0.410. The number of nitrogens with zero attached hydrogens (tertiary/aromatic N) is 1. The summed E-state index contributed by atoms with van der Waals surface area (Å²) in [6, 6.07) is 0. The van der Waals surface area contributed by atoms with Crippen LogP contribution >= 0.6 is 0 Å². The van der Waals surface area contributed by atoms with Gasteiger partial charge in [-0.25, -0.2) is 0 Å². The summed E-state index contributed by atoms with van der Waals surface area (Å²) >= 11 is 0. The van der Waals surface area contributed by atoms with E-state index in [2.05, 4.69) is 11.8 Å². The average Bonchev–Trinajstić information content (AvgIpc) is 2.15. The molecule has 1 aliphatic heterocycles. The van der Waals surface area contributed by atoms with E-state index in [0.717, 1.165) is 25.9 Å². The molecule has 0 bridgehead atoms. The van der Waals surface area contributed by atoms with Crippen LogP contribution in [0, 0.1) is 0 Å². The molecule has 1 aliphatic rings. The number of hydrogen-bond donors (Lipinski definition) is 0. The van der Waals surface area contributed by atoms with Gasteiger partial charge in [0.05, 0.1) is 6.61 Å². The highest BCUT2D eigenvalue weighted by Gasteiger charge is 2.18. The van der Waals surface area contributed by atoms with Crippen molar-refractivity contribution >= 4 is 6.29 Å². The van der Waals surface area contributed by atoms with Gasteiger partial charge in [-0.3, -0.25) is 4.90 Å². The predicted molar refractivity (Wildman–Crippen MR) is 47.2 cm³/mol. The third kappa shape index (κ3) is 2.91. The van der Waals surface area contributed by atoms with Crippen LogP contribution in [0.1, 0.15) is 19.8 Å². The van der Waals surface area contributed by atoms with Gasteiger partial charge >= 0.3 is 0 Å². The molecule has 1 rings (SSSR count). The Kier molecular flexibility index (Phi) is 4.25. The minimum absolute atomic E-state index is 0.185. The smallest absolute Gasteiger partial charge is 0.150 e. The first-order valence-corrected chi connectivity index (χ1v) is 4.66. The van der Waals surface area contributed by atoms with Crippen LogP contribution in [-0.4, -0.2) is 43.5 Å². The first kappa shape index (κ1) is 9.68. The molecule has 0 aliphatic carbocycles. The summed E-state index contributed by atoms with van der Waals surface area (Å²) in [6.07, 6.45) is 3.14. The van der Waals surface area contributed by atoms with E-state index in [1.807, 2.05) is 0 Å². The van der Waals surface area contributed by atoms with Crippen molar-refractivity contribution in [2.45, 2.75) is 25.9 Å². The van der Waals surface area contributed by atoms with Crippen molar-refractivity contribution in [2.24, 2.45) is 0 Å². The van der Waals surface area contributed by atoms with E-state index in [9.17, 15) is 4.79 Å². The molecular formula is C9H17NO2. The Labute approximate surface area is 73.7 Å². The highest BCUT2D eigenvalue weighted by atomic mass is 16.5. The number of ether oxygens (including phenoxy) is 1. The quantitative estimate of drug-likeness (QED) is 0.583. The number of hydrogen-bond acceptors (Lipinski definition) is 3. The fraction of sp³-hybridized carbons (Fsp3) is 0.889. The van der Waals surface area contributed by atoms with Gasteiger partial charge < -0.3 is 9.53 Å². The number of aldehydes is 1. The van der Waals surface area contributed by atoms with E-state index >= 15 is 0 Å². The summed E-state index contributed by atoms with van der Waals surface area (Å²) in [4.78, 5) is 12.7. The summed E-state index contributed by atoms with van der Waals surface area (Å²) in [5.41, 5.74) is 0. The van der Waals surface area contributed by atoms with E-state index in [1.54, 1.807) is 0 Å². The number of rotatable bonds is 4. The fourth-order valence-corrected chi connectivity index (χ4v) is 1.40. The van der Waals surface area contributed by atoms with Gasteiger partial charge in [0.2, 0.25) is 0 Å². The summed E-state index contributed by atoms with van der Waals surface area (Å²) in [7, 11) is 0. The van der Waals surface area contributed by atoms with Crippen LogP contribution in [0.2, 0.25) is 0 Å². The molecule has 3 heteroatoms. The molecule has 0 aromatic carbocycles. The number of unbranched alkanes of at least 4 members (excludes halogenated alkanes) is 1. The topological polar surface area (TPSA) is 29.5 Å². The average molecular weight is 171 g/mol. The Balaban J connectivity index is 2.20. The van der Waals surface area contributed by atoms with Crippen molar-refractivity contribution in [1.82, 2.24) is 4.90 Å². The Bertz CT molecular complexity index is 138. The van der Waals surface area contributed by atoms with Crippen LogP contribution in [-0.2, 0) is 9.53 Å². The van der Waals surface area contributed by atoms with Crippen LogP contribution in [0.4, 0.5) is 0 Å². The van der Waals surface area contributed by atoms with E-state index in [4.69, 9.17) is 4.74 Å². The third-order valence-corrected chi connectivity index (χ3v) is 2.16. The van der Waals surface area contributed by atoms with Gasteiger partial charge in [0, 0.05) is 13.1 Å². The molecule has 1 saturated heterocycles. The molecular weight excluding hydrogens is 154 g/mol. The molecule has 1 fully saturated rings. The summed E-state index contributed by atoms with van der Waals surface area (Å²) in [5, 5.41) is 0. The molecule has 0 radical (unpaired) electrons. The summed E-state index contributed by atoms with van der Waals surface area (Å²) < 4.78 is 5.23. The molecule has 0 saturated carbocycles. The van der Waals surface area contributed by atoms with Crippen LogP contribution in [0.25, 0.3) is 0 Å². The Morgan fingerprint density at radius 1 is 1.67 bits per heavy atom. The lowest BCUT2D eigenvalue weighted by molar-refractivity contribution is -0.123. The molecule has 0 spiro atoms. The lowest BCUT2D eigenvalue weighted by Gasteiger charge is -2.30. The van der Waals surface area contributed by atoms with Crippen molar-refractivity contribution < 1.29 is 9.53 Å². The fourth-order valence-electron chi connectivity index (χ4n) is 1.40. The van der Waals surface area contributed by atoms with Gasteiger partial charge in [-0.2, -0.15) is 0 Å². The first-order chi connectivity index (χ1) is 5.86. The van der Waals surface area contributed by atoms with Gasteiger partial charge in [-0.15, -0.1) is 0 Å². The lowest BCUT2D eigenvalue weighted by atomic mass is 10.2. The first-order valence-electron chi connectivity index (χ1n) is 4.66. The highest BCUT2D eigenvalue weighted by molar-refractivity contribution is 5.56. The Morgan fingerprint density at radius 3 is 3.17 bits per heavy atom. The predicted octanol–water partition coefficient (Wildman–Crippen LogP) is 0.686. The zero-order valence-electron chi connectivity index (χ0n) is 7.66. The van der Waals surface area contributed by atoms with E-state index < -0.39 is 0 Å². The zero-order chi connectivity index (χ0) is 8.81. The zero-order valence-corrected chi connectivity index (χ0v) is 7.66. The molecule has 1 unspecified atom stereocenters. The number of morpholine rings is 1. The normalized spacial score (nSPS) is 25.6. The molecule has 1 atom stereocenters. The molecule has 1 heterocycles. The minimum atomic E-state index is -0.185. The molecule has 0 aromatic rings. The maximum Gasteiger partial charge on any atom is 0.150 e. The summed E-state index contributed by atoms with van der Waals surface area (Å²) in [5.74, 6) is 0. The second-order valence-corrected chi connectivity index (χ2v) is 3.20. The van der Waals surface area contributed by atoms with Gasteiger partial charge in [0.15, 0.2) is 0 Å². The van der Waals surface area contributed by atoms with E-state index in [-0.39, 0.29) is 6.10 Å². The van der Waals surface area contributed by atoms with Crippen LogP contribution in [0.5, 0.6) is 0 Å². The monoisotopic (exact) mass is 171 g/mol. The van der Waals surface area contributed by atoms with Crippen molar-refractivity contribution in [2.75, 3.05) is 26.2 Å². The highest BCUT2D eigenvalue weighted by Crippen LogP contribution is 2.04. The van der Waals surface area contributed by atoms with Crippen LogP contribution in [0.3, 0.4) is 0 Å². The Morgan fingerprint density at radius 2 is 2.50 bits per heavy atom. The molecule has 3 nitrogen and oxygen atoms in total. The van der Waals surface area contributed by atoms with Gasteiger partial charge in [-0.1, -0.05) is 13.3 Å². The van der Waals surface area contributed by atoms with Gasteiger partial charge in [0.25, 0.3) is 0 Å². The van der Waals surface area contributed by atoms with Gasteiger partial charge in [0.1, 0.15) is 12.4 Å². The van der Waals surface area contributed by atoms with Crippen molar-refractivity contribution in [3.63, 3.8) is 0 Å². The molecule has 0 amide bonds. The second-order valence-electron chi connectivity index (χ2n) is 3.20. The number of carbonyl (C=O) groups is 1. The second kappa shape index (κ2) is 5.27. The van der Waals surface area contributed by atoms with Crippen molar-refractivity contribution in [3.8, 4) is 0 Å². The number of carbonyl (C=O) groups excluding carboxylic acids is 1. The third-order valence-electron chi connectivity index (χ3n) is 2.16. The maximum absolute atomic E-state index is 10.4. The minimum Gasteiger partial charge on any atom is -0.368 e. The largest absolute Gasteiger partial charge is 0.368 e. The van der Waals surface area contributed by atoms with E-state index in [0.29, 0.717) is 6.61 Å². The molecule has 0 aromatic heterocycles. The maximum atomic E-state index is 10.4. The van der Waals surface area contributed by atoms with Gasteiger partial charge in [-0.05, 0) is 13.0 Å². The van der Waals surface area contributed by atoms with Crippen molar-refractivity contribution in [1.29, 1.82) is 0 Å². The molecule has 12 heavy (non-hydrogen) atoms. The molecule has 70 valence electrons. The SMILES string of the molecule is CCCCN1CCOC(C=O)C1. The van der Waals surface area contributed by atoms with E-state index in [1.165, 1.54) is 12.8 Å². The van der Waals surface area contributed by atoms with Crippen LogP contribution < -0.4 is 0 Å². The molecule has 0 N–H and O–H groups in total. The lowest BCUT2D eigenvalue weighted by Crippen LogP contribution is -2.43. The van der Waals surface area contributed by atoms with Crippen molar-refractivity contribution in [3.05, 3.63) is 0 Å². The summed E-state index contributed by atoms with van der Waals surface area (Å²) in [6.45, 7) is 5.74. The standard InChI is InChI=1S/C9H17NO2/c1-2-3-4-10-5-6-12-9(7-10)8-11/h8-9H,2-7H2,1H3.